The van der Waals surface area contributed by atoms with E-state index in [1.807, 2.05) is 6.92 Å². The molecule has 0 spiro atoms. The molecule has 17 heavy (non-hydrogen) atoms. The predicted octanol–water partition coefficient (Wildman–Crippen LogP) is 2.34. The molecule has 6 heteroatoms. The molecule has 0 bridgehead atoms. The molecule has 0 saturated heterocycles. The van der Waals surface area contributed by atoms with Crippen LogP contribution in [0.5, 0.6) is 0 Å². The molecular weight excluding hydrogens is 240 g/mol. The van der Waals surface area contributed by atoms with Crippen LogP contribution in [0, 0.1) is 0 Å². The van der Waals surface area contributed by atoms with Gasteiger partial charge in [0, 0.05) is 13.5 Å². The summed E-state index contributed by atoms with van der Waals surface area (Å²) in [6.07, 6.45) is 0.948. The van der Waals surface area contributed by atoms with Gasteiger partial charge in [-0.3, -0.25) is 4.79 Å². The largest absolute Gasteiger partial charge is 0.461 e. The van der Waals surface area contributed by atoms with Crippen LogP contribution in [0.4, 0.5) is 5.13 Å². The van der Waals surface area contributed by atoms with Crippen molar-refractivity contribution in [3.05, 3.63) is 10.6 Å². The van der Waals surface area contributed by atoms with E-state index in [0.29, 0.717) is 10.0 Å². The molecule has 0 aliphatic rings. The van der Waals surface area contributed by atoms with Gasteiger partial charge in [-0.05, 0) is 13.3 Å². The second kappa shape index (κ2) is 6.34. The van der Waals surface area contributed by atoms with Crippen molar-refractivity contribution in [2.24, 2.45) is 0 Å². The molecule has 0 aliphatic heterocycles. The van der Waals surface area contributed by atoms with Crippen molar-refractivity contribution in [1.29, 1.82) is 0 Å². The van der Waals surface area contributed by atoms with Crippen LogP contribution in [0.1, 0.15) is 47.4 Å². The number of carbonyl (C=O) groups excluding carboxylic acids is 2. The lowest BCUT2D eigenvalue weighted by molar-refractivity contribution is 0.0517. The highest BCUT2D eigenvalue weighted by atomic mass is 32.1. The number of hydrogen-bond acceptors (Lipinski definition) is 6. The molecule has 1 aromatic heterocycles. The molecule has 5 nitrogen and oxygen atoms in total. The maximum Gasteiger partial charge on any atom is 0.358 e. The third-order valence-corrected chi connectivity index (χ3v) is 3.06. The Hall–Kier alpha value is -1.43. The summed E-state index contributed by atoms with van der Waals surface area (Å²) in [7, 11) is 0. The first-order valence-electron chi connectivity index (χ1n) is 5.52. The molecule has 0 amide bonds. The SMILES string of the molecule is CCCNc1nc(C(=O)OCC)c(C(C)=O)s1. The fourth-order valence-electron chi connectivity index (χ4n) is 1.20. The van der Waals surface area contributed by atoms with Crippen LogP contribution in [-0.4, -0.2) is 29.9 Å². The van der Waals surface area contributed by atoms with Crippen molar-refractivity contribution in [3.8, 4) is 0 Å². The number of nitrogens with zero attached hydrogens (tertiary/aromatic N) is 1. The van der Waals surface area contributed by atoms with Crippen molar-refractivity contribution in [3.63, 3.8) is 0 Å². The molecular formula is C11H16N2O3S. The van der Waals surface area contributed by atoms with Gasteiger partial charge in [-0.15, -0.1) is 0 Å². The molecule has 0 radical (unpaired) electrons. The summed E-state index contributed by atoms with van der Waals surface area (Å²) in [5.41, 5.74) is 0.114. The zero-order valence-corrected chi connectivity index (χ0v) is 11.0. The van der Waals surface area contributed by atoms with Crippen molar-refractivity contribution < 1.29 is 14.3 Å². The standard InChI is InChI=1S/C11H16N2O3S/c1-4-6-12-11-13-8(10(15)16-5-2)9(17-11)7(3)14/h4-6H2,1-3H3,(H,12,13). The molecule has 0 fully saturated rings. The summed E-state index contributed by atoms with van der Waals surface area (Å²) in [5.74, 6) is -0.714. The number of aromatic nitrogens is 1. The molecule has 1 aromatic rings. The number of nitrogens with one attached hydrogen (secondary N) is 1. The van der Waals surface area contributed by atoms with Gasteiger partial charge >= 0.3 is 5.97 Å². The highest BCUT2D eigenvalue weighted by molar-refractivity contribution is 7.17. The number of anilines is 1. The summed E-state index contributed by atoms with van der Waals surface area (Å²) in [5, 5.41) is 3.64. The number of rotatable bonds is 6. The number of ether oxygens (including phenoxy) is 1. The first-order chi connectivity index (χ1) is 8.10. The number of carbonyl (C=O) groups is 2. The van der Waals surface area contributed by atoms with Gasteiger partial charge < -0.3 is 10.1 Å². The predicted molar refractivity (Wildman–Crippen MR) is 66.9 cm³/mol. The smallest absolute Gasteiger partial charge is 0.358 e. The second-order valence-electron chi connectivity index (χ2n) is 3.40. The molecule has 1 rings (SSSR count). The molecule has 0 unspecified atom stereocenters. The third-order valence-electron chi connectivity index (χ3n) is 1.94. The second-order valence-corrected chi connectivity index (χ2v) is 4.40. The van der Waals surface area contributed by atoms with Gasteiger partial charge in [-0.2, -0.15) is 0 Å². The lowest BCUT2D eigenvalue weighted by Crippen LogP contribution is -2.09. The minimum absolute atomic E-state index is 0.114. The normalized spacial score (nSPS) is 10.1. The van der Waals surface area contributed by atoms with Crippen LogP contribution in [0.3, 0.4) is 0 Å². The lowest BCUT2D eigenvalue weighted by atomic mass is 10.3. The zero-order valence-electron chi connectivity index (χ0n) is 10.2. The van der Waals surface area contributed by atoms with Crippen molar-refractivity contribution >= 4 is 28.2 Å². The molecule has 0 aromatic carbocycles. The third kappa shape index (κ3) is 3.52. The van der Waals surface area contributed by atoms with Crippen LogP contribution >= 0.6 is 11.3 Å². The highest BCUT2D eigenvalue weighted by Crippen LogP contribution is 2.24. The van der Waals surface area contributed by atoms with E-state index in [4.69, 9.17) is 4.74 Å². The Morgan fingerprint density at radius 2 is 2.12 bits per heavy atom. The van der Waals surface area contributed by atoms with Crippen molar-refractivity contribution in [2.75, 3.05) is 18.5 Å². The molecule has 0 aliphatic carbocycles. The van der Waals surface area contributed by atoms with E-state index < -0.39 is 5.97 Å². The molecule has 94 valence electrons. The van der Waals surface area contributed by atoms with E-state index in [9.17, 15) is 9.59 Å². The van der Waals surface area contributed by atoms with Gasteiger partial charge in [-0.25, -0.2) is 9.78 Å². The van der Waals surface area contributed by atoms with Crippen molar-refractivity contribution in [2.45, 2.75) is 27.2 Å². The first-order valence-corrected chi connectivity index (χ1v) is 6.34. The van der Waals surface area contributed by atoms with Gasteiger partial charge in [0.05, 0.1) is 6.61 Å². The van der Waals surface area contributed by atoms with E-state index in [0.717, 1.165) is 13.0 Å². The Labute approximate surface area is 104 Å². The Morgan fingerprint density at radius 3 is 2.65 bits per heavy atom. The zero-order chi connectivity index (χ0) is 12.8. The van der Waals surface area contributed by atoms with Gasteiger partial charge in [0.2, 0.25) is 0 Å². The molecule has 0 atom stereocenters. The Morgan fingerprint density at radius 1 is 1.41 bits per heavy atom. The number of Topliss-reactive ketones (excluding diaryl/α,β-unsaturated/α-hetero) is 1. The van der Waals surface area contributed by atoms with Crippen molar-refractivity contribution in [1.82, 2.24) is 4.98 Å². The summed E-state index contributed by atoms with van der Waals surface area (Å²) in [6.45, 7) is 6.19. The summed E-state index contributed by atoms with van der Waals surface area (Å²) in [6, 6.07) is 0. The maximum atomic E-state index is 11.6. The monoisotopic (exact) mass is 256 g/mol. The van der Waals surface area contributed by atoms with E-state index in [2.05, 4.69) is 10.3 Å². The minimum atomic E-state index is -0.543. The number of esters is 1. The molecule has 1 N–H and O–H groups in total. The van der Waals surface area contributed by atoms with Crippen LogP contribution in [-0.2, 0) is 4.74 Å². The Bertz CT molecular complexity index is 415. The van der Waals surface area contributed by atoms with Crippen LogP contribution in [0.15, 0.2) is 0 Å². The summed E-state index contributed by atoms with van der Waals surface area (Å²) >= 11 is 1.19. The highest BCUT2D eigenvalue weighted by Gasteiger charge is 2.21. The van der Waals surface area contributed by atoms with E-state index in [1.165, 1.54) is 18.3 Å². The number of ketones is 1. The Balaban J connectivity index is 2.96. The van der Waals surface area contributed by atoms with Gasteiger partial charge in [0.25, 0.3) is 0 Å². The van der Waals surface area contributed by atoms with E-state index in [-0.39, 0.29) is 18.1 Å². The molecule has 1 heterocycles. The molecule has 0 saturated carbocycles. The average molecular weight is 256 g/mol. The summed E-state index contributed by atoms with van der Waals surface area (Å²) < 4.78 is 4.86. The topological polar surface area (TPSA) is 68.3 Å². The average Bonchev–Trinajstić information content (AvgIpc) is 2.71. The van der Waals surface area contributed by atoms with Crippen LogP contribution < -0.4 is 5.32 Å². The fourth-order valence-corrected chi connectivity index (χ4v) is 2.08. The van der Waals surface area contributed by atoms with E-state index in [1.54, 1.807) is 6.92 Å². The van der Waals surface area contributed by atoms with Gasteiger partial charge in [-0.1, -0.05) is 18.3 Å². The number of hydrogen-bond donors (Lipinski definition) is 1. The van der Waals surface area contributed by atoms with Crippen LogP contribution in [0.25, 0.3) is 0 Å². The van der Waals surface area contributed by atoms with Crippen LogP contribution in [0.2, 0.25) is 0 Å². The first kappa shape index (κ1) is 13.6. The lowest BCUT2D eigenvalue weighted by Gasteiger charge is -1.99. The fraction of sp³-hybridized carbons (Fsp3) is 0.545. The number of thiazole rings is 1. The summed E-state index contributed by atoms with van der Waals surface area (Å²) in [4.78, 5) is 27.4. The van der Waals surface area contributed by atoms with Gasteiger partial charge in [0.15, 0.2) is 16.6 Å². The maximum absolute atomic E-state index is 11.6. The van der Waals surface area contributed by atoms with E-state index >= 15 is 0 Å². The van der Waals surface area contributed by atoms with Gasteiger partial charge in [0.1, 0.15) is 4.88 Å². The quantitative estimate of drug-likeness (QED) is 0.625. The Kier molecular flexibility index (Phi) is 5.09. The minimum Gasteiger partial charge on any atom is -0.461 e.